The van der Waals surface area contributed by atoms with Crippen molar-refractivity contribution in [2.45, 2.75) is 44.8 Å². The molecule has 3 rings (SSSR count). The number of amidine groups is 1. The zero-order chi connectivity index (χ0) is 14.1. The first-order chi connectivity index (χ1) is 9.66. The molecule has 108 valence electrons. The monoisotopic (exact) mass is 273 g/mol. The Kier molecular flexibility index (Phi) is 3.66. The highest BCUT2D eigenvalue weighted by Crippen LogP contribution is 2.32. The van der Waals surface area contributed by atoms with Crippen molar-refractivity contribution in [2.75, 3.05) is 18.1 Å². The van der Waals surface area contributed by atoms with Gasteiger partial charge in [0.25, 0.3) is 0 Å². The minimum absolute atomic E-state index is 0.145. The Bertz CT molecular complexity index is 512. The summed E-state index contributed by atoms with van der Waals surface area (Å²) in [7, 11) is 0. The molecular formula is C16H23N3O. The van der Waals surface area contributed by atoms with E-state index in [1.54, 1.807) is 0 Å². The Morgan fingerprint density at radius 2 is 2.15 bits per heavy atom. The van der Waals surface area contributed by atoms with Crippen LogP contribution in [-0.2, 0) is 4.74 Å². The minimum atomic E-state index is 0.145. The van der Waals surface area contributed by atoms with Gasteiger partial charge in [-0.2, -0.15) is 0 Å². The Labute approximate surface area is 120 Å². The summed E-state index contributed by atoms with van der Waals surface area (Å²) < 4.78 is 5.93. The van der Waals surface area contributed by atoms with Gasteiger partial charge in [-0.15, -0.1) is 0 Å². The van der Waals surface area contributed by atoms with E-state index in [0.29, 0.717) is 12.1 Å². The number of fused-ring (bicyclic) bond motifs is 1. The van der Waals surface area contributed by atoms with Gasteiger partial charge in [-0.1, -0.05) is 12.8 Å². The van der Waals surface area contributed by atoms with Crippen molar-refractivity contribution in [1.29, 1.82) is 5.41 Å². The second kappa shape index (κ2) is 5.44. The van der Waals surface area contributed by atoms with Gasteiger partial charge in [-0.3, -0.25) is 5.41 Å². The van der Waals surface area contributed by atoms with Crippen LogP contribution in [0.5, 0.6) is 0 Å². The number of ether oxygens (including phenoxy) is 1. The fourth-order valence-corrected chi connectivity index (χ4v) is 3.55. The van der Waals surface area contributed by atoms with Crippen LogP contribution in [0.25, 0.3) is 0 Å². The predicted octanol–water partition coefficient (Wildman–Crippen LogP) is 2.43. The van der Waals surface area contributed by atoms with E-state index in [9.17, 15) is 0 Å². The van der Waals surface area contributed by atoms with Crippen LogP contribution in [0.2, 0.25) is 0 Å². The van der Waals surface area contributed by atoms with E-state index in [-0.39, 0.29) is 5.84 Å². The summed E-state index contributed by atoms with van der Waals surface area (Å²) in [4.78, 5) is 2.49. The third kappa shape index (κ3) is 2.40. The van der Waals surface area contributed by atoms with Gasteiger partial charge in [0.05, 0.1) is 18.8 Å². The zero-order valence-corrected chi connectivity index (χ0v) is 12.1. The first kappa shape index (κ1) is 13.4. The van der Waals surface area contributed by atoms with Crippen LogP contribution in [0.4, 0.5) is 5.69 Å². The topological polar surface area (TPSA) is 62.3 Å². The Morgan fingerprint density at radius 3 is 2.90 bits per heavy atom. The molecule has 2 atom stereocenters. The van der Waals surface area contributed by atoms with Gasteiger partial charge in [-0.05, 0) is 43.5 Å². The molecule has 1 aliphatic heterocycles. The maximum Gasteiger partial charge on any atom is 0.123 e. The Balaban J connectivity index is 1.87. The van der Waals surface area contributed by atoms with E-state index in [1.165, 1.54) is 31.4 Å². The van der Waals surface area contributed by atoms with Gasteiger partial charge < -0.3 is 15.4 Å². The van der Waals surface area contributed by atoms with E-state index >= 15 is 0 Å². The highest BCUT2D eigenvalue weighted by Gasteiger charge is 2.34. The molecule has 20 heavy (non-hydrogen) atoms. The quantitative estimate of drug-likeness (QED) is 0.642. The molecule has 0 amide bonds. The summed E-state index contributed by atoms with van der Waals surface area (Å²) in [6.07, 6.45) is 5.39. The van der Waals surface area contributed by atoms with Crippen molar-refractivity contribution >= 4 is 11.5 Å². The number of nitrogens with one attached hydrogen (secondary N) is 1. The molecule has 2 unspecified atom stereocenters. The van der Waals surface area contributed by atoms with E-state index in [1.807, 2.05) is 13.0 Å². The van der Waals surface area contributed by atoms with Crippen LogP contribution in [-0.4, -0.2) is 31.1 Å². The number of hydrogen-bond donors (Lipinski definition) is 2. The van der Waals surface area contributed by atoms with E-state index in [2.05, 4.69) is 17.0 Å². The minimum Gasteiger partial charge on any atom is -0.384 e. The fraction of sp³-hybridized carbons (Fsp3) is 0.562. The molecule has 0 spiro atoms. The molecule has 0 radical (unpaired) electrons. The molecule has 2 aliphatic rings. The lowest BCUT2D eigenvalue weighted by Gasteiger charge is -2.45. The number of rotatable bonds is 2. The molecule has 1 heterocycles. The third-order valence-electron chi connectivity index (χ3n) is 4.56. The molecule has 0 bridgehead atoms. The van der Waals surface area contributed by atoms with Gasteiger partial charge in [0.2, 0.25) is 0 Å². The number of anilines is 1. The van der Waals surface area contributed by atoms with Crippen LogP contribution in [0.15, 0.2) is 18.2 Å². The normalized spacial score (nSPS) is 26.1. The molecule has 4 heteroatoms. The Morgan fingerprint density at radius 1 is 1.35 bits per heavy atom. The average Bonchev–Trinajstić information content (AvgIpc) is 2.46. The van der Waals surface area contributed by atoms with Gasteiger partial charge in [0.1, 0.15) is 5.84 Å². The smallest absolute Gasteiger partial charge is 0.123 e. The molecular weight excluding hydrogens is 250 g/mol. The van der Waals surface area contributed by atoms with Crippen LogP contribution in [0.1, 0.15) is 36.8 Å². The van der Waals surface area contributed by atoms with Crippen molar-refractivity contribution in [3.05, 3.63) is 29.3 Å². The first-order valence-corrected chi connectivity index (χ1v) is 7.50. The maximum atomic E-state index is 7.58. The summed E-state index contributed by atoms with van der Waals surface area (Å²) in [6.45, 7) is 3.80. The number of morpholine rings is 1. The average molecular weight is 273 g/mol. The Hall–Kier alpha value is -1.55. The van der Waals surface area contributed by atoms with Crippen molar-refractivity contribution in [1.82, 2.24) is 0 Å². The van der Waals surface area contributed by atoms with E-state index < -0.39 is 0 Å². The lowest BCUT2D eigenvalue weighted by molar-refractivity contribution is -0.00868. The standard InChI is InChI=1S/C16H23N3O/c1-11-10-12(6-7-13(11)16(17)18)19-8-9-20-15-5-3-2-4-14(15)19/h6-7,10,14-15H,2-5,8-9H2,1H3,(H3,17,18). The molecule has 1 aromatic rings. The molecule has 1 aliphatic carbocycles. The molecule has 4 nitrogen and oxygen atoms in total. The summed E-state index contributed by atoms with van der Waals surface area (Å²) in [5.74, 6) is 0.145. The first-order valence-electron chi connectivity index (χ1n) is 7.50. The summed E-state index contributed by atoms with van der Waals surface area (Å²) in [6, 6.07) is 6.74. The number of aryl methyl sites for hydroxylation is 1. The van der Waals surface area contributed by atoms with E-state index in [0.717, 1.165) is 24.3 Å². The summed E-state index contributed by atoms with van der Waals surface area (Å²) in [5, 5.41) is 7.58. The summed E-state index contributed by atoms with van der Waals surface area (Å²) in [5.41, 5.74) is 8.76. The highest BCUT2D eigenvalue weighted by atomic mass is 16.5. The predicted molar refractivity (Wildman–Crippen MR) is 81.5 cm³/mol. The van der Waals surface area contributed by atoms with Gasteiger partial charge >= 0.3 is 0 Å². The lowest BCUT2D eigenvalue weighted by atomic mass is 9.89. The number of hydrogen-bond acceptors (Lipinski definition) is 3. The number of nitrogens with two attached hydrogens (primary N) is 1. The SMILES string of the molecule is Cc1cc(N2CCOC3CCCCC32)ccc1C(=N)N. The number of nitrogen functional groups attached to an aromatic ring is 1. The second-order valence-corrected chi connectivity index (χ2v) is 5.87. The maximum absolute atomic E-state index is 7.58. The summed E-state index contributed by atoms with van der Waals surface area (Å²) >= 11 is 0. The molecule has 1 saturated carbocycles. The van der Waals surface area contributed by atoms with Crippen LogP contribution in [0, 0.1) is 12.3 Å². The van der Waals surface area contributed by atoms with Crippen molar-refractivity contribution in [2.24, 2.45) is 5.73 Å². The molecule has 3 N–H and O–H groups in total. The van der Waals surface area contributed by atoms with Gasteiger partial charge in [-0.25, -0.2) is 0 Å². The largest absolute Gasteiger partial charge is 0.384 e. The molecule has 0 aromatic heterocycles. The van der Waals surface area contributed by atoms with Crippen LogP contribution >= 0.6 is 0 Å². The molecule has 2 fully saturated rings. The van der Waals surface area contributed by atoms with Crippen LogP contribution < -0.4 is 10.6 Å². The van der Waals surface area contributed by atoms with Crippen molar-refractivity contribution < 1.29 is 4.74 Å². The van der Waals surface area contributed by atoms with Crippen molar-refractivity contribution in [3.63, 3.8) is 0 Å². The highest BCUT2D eigenvalue weighted by molar-refractivity contribution is 5.96. The molecule has 1 saturated heterocycles. The lowest BCUT2D eigenvalue weighted by Crippen LogP contribution is -2.52. The van der Waals surface area contributed by atoms with Crippen molar-refractivity contribution in [3.8, 4) is 0 Å². The van der Waals surface area contributed by atoms with Gasteiger partial charge in [0.15, 0.2) is 0 Å². The second-order valence-electron chi connectivity index (χ2n) is 5.87. The zero-order valence-electron chi connectivity index (χ0n) is 12.1. The van der Waals surface area contributed by atoms with Gasteiger partial charge in [0, 0.05) is 17.8 Å². The van der Waals surface area contributed by atoms with Crippen LogP contribution in [0.3, 0.4) is 0 Å². The molecule has 1 aromatic carbocycles. The number of nitrogens with zero attached hydrogens (tertiary/aromatic N) is 1. The number of benzene rings is 1. The third-order valence-corrected chi connectivity index (χ3v) is 4.56. The van der Waals surface area contributed by atoms with E-state index in [4.69, 9.17) is 15.9 Å². The fourth-order valence-electron chi connectivity index (χ4n) is 3.55.